The highest BCUT2D eigenvalue weighted by Crippen LogP contribution is 2.26. The van der Waals surface area contributed by atoms with Gasteiger partial charge in [-0.1, -0.05) is 41.6 Å². The molecule has 7 heteroatoms. The number of benzene rings is 1. The van der Waals surface area contributed by atoms with Crippen LogP contribution in [-0.2, 0) is 21.8 Å². The first-order chi connectivity index (χ1) is 13.7. The van der Waals surface area contributed by atoms with E-state index in [-0.39, 0.29) is 18.6 Å². The zero-order valence-corrected chi connectivity index (χ0v) is 16.7. The van der Waals surface area contributed by atoms with E-state index in [2.05, 4.69) is 41.5 Å². The third-order valence-electron chi connectivity index (χ3n) is 4.82. The van der Waals surface area contributed by atoms with Crippen molar-refractivity contribution in [3.05, 3.63) is 53.9 Å². The Hall–Kier alpha value is -2.38. The number of pyridine rings is 1. The van der Waals surface area contributed by atoms with E-state index in [0.717, 1.165) is 41.4 Å². The molecule has 0 bridgehead atoms. The Labute approximate surface area is 168 Å². The van der Waals surface area contributed by atoms with Crippen molar-refractivity contribution in [3.8, 4) is 0 Å². The van der Waals surface area contributed by atoms with Gasteiger partial charge in [-0.05, 0) is 31.4 Å². The lowest BCUT2D eigenvalue weighted by atomic mass is 10.2. The summed E-state index contributed by atoms with van der Waals surface area (Å²) in [5.74, 6) is 0.770. The minimum absolute atomic E-state index is 0.0314. The summed E-state index contributed by atoms with van der Waals surface area (Å²) in [5.41, 5.74) is 4.21. The van der Waals surface area contributed by atoms with Crippen molar-refractivity contribution >= 4 is 28.7 Å². The van der Waals surface area contributed by atoms with Crippen molar-refractivity contribution in [1.82, 2.24) is 19.9 Å². The molecule has 0 saturated carbocycles. The molecule has 0 radical (unpaired) electrons. The van der Waals surface area contributed by atoms with Crippen molar-refractivity contribution in [3.63, 3.8) is 0 Å². The van der Waals surface area contributed by atoms with Crippen molar-refractivity contribution in [2.75, 3.05) is 13.2 Å². The summed E-state index contributed by atoms with van der Waals surface area (Å²) in [6.45, 7) is 3.67. The maximum Gasteiger partial charge on any atom is 0.240 e. The van der Waals surface area contributed by atoms with E-state index in [0.29, 0.717) is 6.54 Å². The number of hydrogen-bond acceptors (Lipinski definition) is 5. The van der Waals surface area contributed by atoms with E-state index in [1.54, 1.807) is 24.2 Å². The summed E-state index contributed by atoms with van der Waals surface area (Å²) in [6, 6.07) is 10.3. The first kappa shape index (κ1) is 19.0. The lowest BCUT2D eigenvalue weighted by Crippen LogP contribution is -2.34. The minimum atomic E-state index is -0.0314. The number of fused-ring (bicyclic) bond motifs is 1. The predicted molar refractivity (Wildman–Crippen MR) is 110 cm³/mol. The third kappa shape index (κ3) is 4.54. The Morgan fingerprint density at radius 2 is 2.32 bits per heavy atom. The highest BCUT2D eigenvalue weighted by atomic mass is 32.2. The molecule has 3 heterocycles. The normalized spacial score (nSPS) is 16.5. The monoisotopic (exact) mass is 396 g/mol. The fourth-order valence-electron chi connectivity index (χ4n) is 3.39. The van der Waals surface area contributed by atoms with Crippen LogP contribution in [0.25, 0.3) is 11.0 Å². The first-order valence-corrected chi connectivity index (χ1v) is 10.5. The van der Waals surface area contributed by atoms with Crippen LogP contribution in [0.2, 0.25) is 0 Å². The van der Waals surface area contributed by atoms with Crippen LogP contribution in [0.3, 0.4) is 0 Å². The van der Waals surface area contributed by atoms with Crippen molar-refractivity contribution in [2.24, 2.45) is 0 Å². The summed E-state index contributed by atoms with van der Waals surface area (Å²) in [6.07, 6.45) is 5.72. The third-order valence-corrected chi connectivity index (χ3v) is 5.87. The van der Waals surface area contributed by atoms with Gasteiger partial charge in [0, 0.05) is 25.1 Å². The van der Waals surface area contributed by atoms with Crippen LogP contribution in [0.5, 0.6) is 0 Å². The molecule has 1 amide bonds. The van der Waals surface area contributed by atoms with E-state index >= 15 is 0 Å². The smallest absolute Gasteiger partial charge is 0.240 e. The van der Waals surface area contributed by atoms with E-state index in [4.69, 9.17) is 9.72 Å². The second-order valence-corrected chi connectivity index (χ2v) is 8.00. The molecule has 1 aliphatic heterocycles. The van der Waals surface area contributed by atoms with Gasteiger partial charge >= 0.3 is 0 Å². The van der Waals surface area contributed by atoms with E-state index < -0.39 is 0 Å². The zero-order chi connectivity index (χ0) is 19.3. The number of aromatic nitrogens is 3. The molecule has 1 aliphatic rings. The number of aryl methyl sites for hydroxylation is 1. The van der Waals surface area contributed by atoms with E-state index in [1.165, 1.54) is 11.1 Å². The van der Waals surface area contributed by atoms with Gasteiger partial charge < -0.3 is 14.6 Å². The first-order valence-electron chi connectivity index (χ1n) is 9.56. The molecule has 146 valence electrons. The van der Waals surface area contributed by atoms with Crippen LogP contribution in [-0.4, -0.2) is 39.7 Å². The number of carbonyl (C=O) groups is 1. The Morgan fingerprint density at radius 1 is 1.39 bits per heavy atom. The molecule has 6 nitrogen and oxygen atoms in total. The molecule has 0 spiro atoms. The van der Waals surface area contributed by atoms with Gasteiger partial charge in [-0.2, -0.15) is 0 Å². The highest BCUT2D eigenvalue weighted by Gasteiger charge is 2.18. The van der Waals surface area contributed by atoms with Crippen LogP contribution in [0.15, 0.2) is 47.9 Å². The lowest BCUT2D eigenvalue weighted by Gasteiger charge is -2.12. The number of hydrogen-bond donors (Lipinski definition) is 1. The van der Waals surface area contributed by atoms with E-state index in [9.17, 15) is 4.79 Å². The van der Waals surface area contributed by atoms with Crippen molar-refractivity contribution in [1.29, 1.82) is 0 Å². The second kappa shape index (κ2) is 8.75. The van der Waals surface area contributed by atoms with Crippen LogP contribution >= 0.6 is 11.8 Å². The molecule has 4 rings (SSSR count). The topological polar surface area (TPSA) is 69.0 Å². The fraction of sp³-hybridized carbons (Fsp3) is 0.381. The molecule has 1 N–H and O–H groups in total. The van der Waals surface area contributed by atoms with Crippen molar-refractivity contribution < 1.29 is 9.53 Å². The van der Waals surface area contributed by atoms with Gasteiger partial charge in [-0.15, -0.1) is 0 Å². The average Bonchev–Trinajstić information content (AvgIpc) is 3.33. The molecule has 0 aliphatic carbocycles. The van der Waals surface area contributed by atoms with Gasteiger partial charge in [0.15, 0.2) is 5.16 Å². The maximum atomic E-state index is 12.5. The molecule has 1 aromatic carbocycles. The summed E-state index contributed by atoms with van der Waals surface area (Å²) < 4.78 is 7.53. The Morgan fingerprint density at radius 3 is 3.14 bits per heavy atom. The lowest BCUT2D eigenvalue weighted by molar-refractivity contribution is -0.122. The SMILES string of the molecule is Cc1cccc(CSc2nc3ccncc3n2CC(=O)NC[C@@H]2CCCO2)c1. The number of nitrogens with zero attached hydrogens (tertiary/aromatic N) is 3. The molecule has 2 aromatic heterocycles. The number of ether oxygens (including phenoxy) is 1. The van der Waals surface area contributed by atoms with Gasteiger partial charge in [0.1, 0.15) is 6.54 Å². The molecule has 0 unspecified atom stereocenters. The minimum Gasteiger partial charge on any atom is -0.376 e. The molecule has 3 aromatic rings. The fourth-order valence-corrected chi connectivity index (χ4v) is 4.35. The summed E-state index contributed by atoms with van der Waals surface area (Å²) in [5, 5.41) is 3.82. The standard InChI is InChI=1S/C21H24N4O2S/c1-15-4-2-5-16(10-15)14-28-21-24-18-7-8-22-12-19(18)25(21)13-20(26)23-11-17-6-3-9-27-17/h2,4-5,7-8,10,12,17H,3,6,9,11,13-14H2,1H3,(H,23,26)/t17-/m0/s1. The van der Waals surface area contributed by atoms with Gasteiger partial charge in [-0.25, -0.2) is 4.98 Å². The van der Waals surface area contributed by atoms with Gasteiger partial charge in [0.2, 0.25) is 5.91 Å². The van der Waals surface area contributed by atoms with E-state index in [1.807, 2.05) is 10.6 Å². The van der Waals surface area contributed by atoms with Gasteiger partial charge in [0.25, 0.3) is 0 Å². The highest BCUT2D eigenvalue weighted by molar-refractivity contribution is 7.98. The number of thioether (sulfide) groups is 1. The zero-order valence-electron chi connectivity index (χ0n) is 15.9. The number of nitrogens with one attached hydrogen (secondary N) is 1. The Balaban J connectivity index is 1.48. The van der Waals surface area contributed by atoms with Crippen LogP contribution in [0, 0.1) is 6.92 Å². The number of amides is 1. The van der Waals surface area contributed by atoms with Crippen molar-refractivity contribution in [2.45, 2.75) is 43.3 Å². The largest absolute Gasteiger partial charge is 0.376 e. The molecular weight excluding hydrogens is 372 g/mol. The van der Waals surface area contributed by atoms with Gasteiger partial charge in [0.05, 0.1) is 23.3 Å². The van der Waals surface area contributed by atoms with Crippen LogP contribution < -0.4 is 5.32 Å². The number of carbonyl (C=O) groups excluding carboxylic acids is 1. The second-order valence-electron chi connectivity index (χ2n) is 7.06. The molecule has 1 saturated heterocycles. The maximum absolute atomic E-state index is 12.5. The Kier molecular flexibility index (Phi) is 5.92. The average molecular weight is 397 g/mol. The number of rotatable bonds is 7. The molecule has 1 atom stereocenters. The van der Waals surface area contributed by atoms with Gasteiger partial charge in [-0.3, -0.25) is 9.78 Å². The molecule has 28 heavy (non-hydrogen) atoms. The number of imidazole rings is 1. The van der Waals surface area contributed by atoms with Crippen LogP contribution in [0.1, 0.15) is 24.0 Å². The molecule has 1 fully saturated rings. The summed E-state index contributed by atoms with van der Waals surface area (Å²) >= 11 is 1.64. The predicted octanol–water partition coefficient (Wildman–Crippen LogP) is 3.33. The summed E-state index contributed by atoms with van der Waals surface area (Å²) in [7, 11) is 0. The Bertz CT molecular complexity index is 966. The summed E-state index contributed by atoms with van der Waals surface area (Å²) in [4.78, 5) is 21.5. The molecular formula is C21H24N4O2S. The van der Waals surface area contributed by atoms with Crippen LogP contribution in [0.4, 0.5) is 0 Å². The quantitative estimate of drug-likeness (QED) is 0.621.